The Bertz CT molecular complexity index is 448. The van der Waals surface area contributed by atoms with Crippen LogP contribution in [0, 0.1) is 11.8 Å². The summed E-state index contributed by atoms with van der Waals surface area (Å²) in [5, 5.41) is 2.95. The molecule has 0 unspecified atom stereocenters. The van der Waals surface area contributed by atoms with Crippen LogP contribution >= 0.6 is 24.8 Å². The zero-order chi connectivity index (χ0) is 14.4. The predicted octanol–water partition coefficient (Wildman–Crippen LogP) is 3.57. The van der Waals surface area contributed by atoms with Crippen LogP contribution < -0.4 is 11.1 Å². The first-order chi connectivity index (χ1) is 9.70. The molecule has 1 aromatic rings. The average molecular weight is 346 g/mol. The fourth-order valence-electron chi connectivity index (χ4n) is 2.87. The van der Waals surface area contributed by atoms with Gasteiger partial charge in [-0.15, -0.1) is 31.4 Å². The van der Waals surface area contributed by atoms with Crippen molar-refractivity contribution >= 4 is 36.4 Å². The molecule has 1 aliphatic rings. The highest BCUT2D eigenvalue weighted by Crippen LogP contribution is 2.31. The molecule has 1 saturated carbocycles. The summed E-state index contributed by atoms with van der Waals surface area (Å²) >= 11 is 0. The third-order valence-electron chi connectivity index (χ3n) is 4.13. The number of carbonyl (C=O) groups excluding carboxylic acids is 1. The van der Waals surface area contributed by atoms with Crippen LogP contribution in [0.2, 0.25) is 0 Å². The summed E-state index contributed by atoms with van der Waals surface area (Å²) in [5.74, 6) is 0.750. The molecule has 0 aliphatic heterocycles. The summed E-state index contributed by atoms with van der Waals surface area (Å²) in [5.41, 5.74) is 6.94. The van der Waals surface area contributed by atoms with Gasteiger partial charge in [0, 0.05) is 30.0 Å². The van der Waals surface area contributed by atoms with E-state index in [1.165, 1.54) is 0 Å². The molecular formula is C16H25Cl2N3O. The summed E-state index contributed by atoms with van der Waals surface area (Å²) in [6.45, 7) is 3.74. The number of aromatic nitrogens is 1. The Balaban J connectivity index is 0.00000220. The lowest BCUT2D eigenvalue weighted by Gasteiger charge is -2.31. The van der Waals surface area contributed by atoms with E-state index in [0.29, 0.717) is 5.92 Å². The lowest BCUT2D eigenvalue weighted by molar-refractivity contribution is -0.121. The first-order valence-corrected chi connectivity index (χ1v) is 7.28. The lowest BCUT2D eigenvalue weighted by atomic mass is 9.77. The zero-order valence-electron chi connectivity index (χ0n) is 12.6. The van der Waals surface area contributed by atoms with Crippen LogP contribution in [0.5, 0.6) is 0 Å². The number of nitrogens with two attached hydrogens (primary N) is 1. The largest absolute Gasteiger partial charge is 0.327 e. The molecular weight excluding hydrogens is 321 g/mol. The monoisotopic (exact) mass is 345 g/mol. The molecule has 4 nitrogen and oxygen atoms in total. The van der Waals surface area contributed by atoms with Crippen LogP contribution in [0.15, 0.2) is 37.2 Å². The van der Waals surface area contributed by atoms with Crippen LogP contribution in [0.1, 0.15) is 32.1 Å². The van der Waals surface area contributed by atoms with Crippen molar-refractivity contribution in [1.82, 2.24) is 4.98 Å². The van der Waals surface area contributed by atoms with Gasteiger partial charge in [0.15, 0.2) is 0 Å². The highest BCUT2D eigenvalue weighted by atomic mass is 35.5. The minimum absolute atomic E-state index is 0. The van der Waals surface area contributed by atoms with Crippen molar-refractivity contribution in [3.05, 3.63) is 37.2 Å². The van der Waals surface area contributed by atoms with Crippen LogP contribution in [-0.2, 0) is 4.79 Å². The molecule has 1 heterocycles. The average Bonchev–Trinajstić information content (AvgIpc) is 2.48. The summed E-state index contributed by atoms with van der Waals surface area (Å²) in [6, 6.07) is 3.81. The predicted molar refractivity (Wildman–Crippen MR) is 95.6 cm³/mol. The van der Waals surface area contributed by atoms with Crippen LogP contribution in [0.4, 0.5) is 5.69 Å². The molecule has 1 amide bonds. The summed E-state index contributed by atoms with van der Waals surface area (Å²) in [7, 11) is 0. The molecule has 0 spiro atoms. The number of carbonyl (C=O) groups is 1. The third-order valence-corrected chi connectivity index (χ3v) is 4.13. The molecule has 2 rings (SSSR count). The fraction of sp³-hybridized carbons (Fsp3) is 0.500. The van der Waals surface area contributed by atoms with E-state index in [1.807, 2.05) is 18.2 Å². The van der Waals surface area contributed by atoms with Crippen LogP contribution in [0.25, 0.3) is 0 Å². The van der Waals surface area contributed by atoms with Gasteiger partial charge in [0.2, 0.25) is 5.91 Å². The molecule has 0 radical (unpaired) electrons. The lowest BCUT2D eigenvalue weighted by Crippen LogP contribution is -2.35. The van der Waals surface area contributed by atoms with E-state index in [9.17, 15) is 4.79 Å². The molecule has 1 aromatic heterocycles. The second-order valence-corrected chi connectivity index (χ2v) is 5.53. The quantitative estimate of drug-likeness (QED) is 0.801. The number of pyridine rings is 1. The van der Waals surface area contributed by atoms with Gasteiger partial charge < -0.3 is 11.1 Å². The first-order valence-electron chi connectivity index (χ1n) is 7.28. The van der Waals surface area contributed by atoms with Crippen molar-refractivity contribution in [2.45, 2.75) is 38.1 Å². The van der Waals surface area contributed by atoms with Crippen molar-refractivity contribution in [1.29, 1.82) is 0 Å². The Morgan fingerprint density at radius 2 is 1.91 bits per heavy atom. The van der Waals surface area contributed by atoms with Gasteiger partial charge in [0.05, 0.1) is 0 Å². The van der Waals surface area contributed by atoms with Gasteiger partial charge in [-0.2, -0.15) is 0 Å². The number of amides is 1. The molecule has 0 bridgehead atoms. The van der Waals surface area contributed by atoms with Crippen molar-refractivity contribution in [3.63, 3.8) is 0 Å². The third kappa shape index (κ3) is 5.95. The Labute approximate surface area is 144 Å². The van der Waals surface area contributed by atoms with Gasteiger partial charge in [-0.05, 0) is 50.2 Å². The number of halogens is 2. The number of rotatable bonds is 5. The summed E-state index contributed by atoms with van der Waals surface area (Å²) < 4.78 is 0. The second kappa shape index (κ2) is 10.6. The highest BCUT2D eigenvalue weighted by Gasteiger charge is 2.28. The van der Waals surface area contributed by atoms with E-state index in [2.05, 4.69) is 16.9 Å². The van der Waals surface area contributed by atoms with Gasteiger partial charge >= 0.3 is 0 Å². The highest BCUT2D eigenvalue weighted by molar-refractivity contribution is 5.92. The van der Waals surface area contributed by atoms with Crippen molar-refractivity contribution in [2.75, 3.05) is 5.32 Å². The minimum atomic E-state index is 0. The van der Waals surface area contributed by atoms with Crippen LogP contribution in [-0.4, -0.2) is 16.9 Å². The van der Waals surface area contributed by atoms with Gasteiger partial charge in [-0.1, -0.05) is 6.08 Å². The fourth-order valence-corrected chi connectivity index (χ4v) is 2.87. The minimum Gasteiger partial charge on any atom is -0.327 e. The number of hydrogen-bond acceptors (Lipinski definition) is 3. The van der Waals surface area contributed by atoms with E-state index in [0.717, 1.165) is 37.8 Å². The zero-order valence-corrected chi connectivity index (χ0v) is 14.2. The van der Waals surface area contributed by atoms with E-state index in [4.69, 9.17) is 5.73 Å². The van der Waals surface area contributed by atoms with Crippen molar-refractivity contribution < 1.29 is 4.79 Å². The van der Waals surface area contributed by atoms with Crippen LogP contribution in [0.3, 0.4) is 0 Å². The van der Waals surface area contributed by atoms with E-state index in [1.54, 1.807) is 12.4 Å². The molecule has 1 atom stereocenters. The Hall–Kier alpha value is -1.10. The summed E-state index contributed by atoms with van der Waals surface area (Å²) in [6.07, 6.45) is 10.0. The summed E-state index contributed by atoms with van der Waals surface area (Å²) in [4.78, 5) is 16.1. The Kier molecular flexibility index (Phi) is 10.1. The number of nitrogens with one attached hydrogen (secondary N) is 1. The number of anilines is 1. The normalized spacial score (nSPS) is 21.7. The number of hydrogen-bond donors (Lipinski definition) is 2. The van der Waals surface area contributed by atoms with Gasteiger partial charge in [0.25, 0.3) is 0 Å². The van der Waals surface area contributed by atoms with Gasteiger partial charge in [0.1, 0.15) is 0 Å². The van der Waals surface area contributed by atoms with E-state index < -0.39 is 0 Å². The van der Waals surface area contributed by atoms with E-state index >= 15 is 0 Å². The van der Waals surface area contributed by atoms with Crippen molar-refractivity contribution in [2.24, 2.45) is 17.6 Å². The Morgan fingerprint density at radius 3 is 2.45 bits per heavy atom. The molecule has 1 fully saturated rings. The van der Waals surface area contributed by atoms with E-state index in [-0.39, 0.29) is 42.7 Å². The molecule has 124 valence electrons. The topological polar surface area (TPSA) is 68.0 Å². The van der Waals surface area contributed by atoms with Gasteiger partial charge in [-0.3, -0.25) is 9.78 Å². The first kappa shape index (κ1) is 20.9. The Morgan fingerprint density at radius 1 is 1.32 bits per heavy atom. The van der Waals surface area contributed by atoms with Gasteiger partial charge in [-0.25, -0.2) is 0 Å². The molecule has 0 aromatic carbocycles. The SMILES string of the molecule is C=CC[C@@H](N)C1CCC(C(=O)Nc2ccncc2)CC1.Cl.Cl. The molecule has 1 aliphatic carbocycles. The smallest absolute Gasteiger partial charge is 0.227 e. The molecule has 6 heteroatoms. The molecule has 0 saturated heterocycles. The maximum Gasteiger partial charge on any atom is 0.227 e. The molecule has 22 heavy (non-hydrogen) atoms. The second-order valence-electron chi connectivity index (χ2n) is 5.53. The molecule has 3 N–H and O–H groups in total. The standard InChI is InChI=1S/C16H23N3O.2ClH/c1-2-3-15(17)12-4-6-13(7-5-12)16(20)19-14-8-10-18-11-9-14;;/h2,8-13,15H,1,3-7,17H2,(H,18,19,20);2*1H/t12?,13?,15-;;/m1../s1. The van der Waals surface area contributed by atoms with Crippen molar-refractivity contribution in [3.8, 4) is 0 Å². The maximum atomic E-state index is 12.2. The number of nitrogens with zero attached hydrogens (tertiary/aromatic N) is 1. The maximum absolute atomic E-state index is 12.2.